The topological polar surface area (TPSA) is 63.1 Å². The summed E-state index contributed by atoms with van der Waals surface area (Å²) in [5.74, 6) is 1.57. The Kier molecular flexibility index (Phi) is 7.11. The van der Waals surface area contributed by atoms with E-state index < -0.39 is 0 Å². The summed E-state index contributed by atoms with van der Waals surface area (Å²) >= 11 is 0. The third-order valence-electron chi connectivity index (χ3n) is 5.79. The summed E-state index contributed by atoms with van der Waals surface area (Å²) in [6, 6.07) is 2.23. The van der Waals surface area contributed by atoms with Crippen LogP contribution in [0.25, 0.3) is 11.0 Å². The van der Waals surface area contributed by atoms with E-state index in [2.05, 4.69) is 24.3 Å². The molecule has 0 aromatic carbocycles. The molecule has 4 heterocycles. The van der Waals surface area contributed by atoms with Crippen molar-refractivity contribution in [2.45, 2.75) is 39.7 Å². The Balaban J connectivity index is 0.00000131. The number of aromatic nitrogens is 3. The second kappa shape index (κ2) is 8.76. The van der Waals surface area contributed by atoms with E-state index in [1.807, 2.05) is 28.8 Å². The maximum absolute atomic E-state index is 13.1. The highest BCUT2D eigenvalue weighted by atomic mass is 35.5. The van der Waals surface area contributed by atoms with Crippen LogP contribution in [-0.4, -0.2) is 51.8 Å². The van der Waals surface area contributed by atoms with Crippen LogP contribution in [-0.2, 0) is 0 Å². The zero-order chi connectivity index (χ0) is 17.6. The fourth-order valence-corrected chi connectivity index (χ4v) is 4.25. The summed E-state index contributed by atoms with van der Waals surface area (Å²) in [6.07, 6.45) is 4.02. The Labute approximate surface area is 172 Å². The number of hydrogen-bond acceptors (Lipinski definition) is 4. The van der Waals surface area contributed by atoms with Crippen LogP contribution in [0.5, 0.6) is 0 Å². The number of likely N-dealkylation sites (tertiary alicyclic amines) is 1. The van der Waals surface area contributed by atoms with Gasteiger partial charge in [0.2, 0.25) is 0 Å². The Morgan fingerprint density at radius 3 is 2.41 bits per heavy atom. The van der Waals surface area contributed by atoms with Crippen LogP contribution >= 0.6 is 24.8 Å². The fraction of sp³-hybridized carbons (Fsp3) is 0.632. The lowest BCUT2D eigenvalue weighted by Gasteiger charge is -2.22. The highest BCUT2D eigenvalue weighted by Crippen LogP contribution is 2.28. The van der Waals surface area contributed by atoms with Gasteiger partial charge in [-0.25, -0.2) is 9.67 Å². The quantitative estimate of drug-likeness (QED) is 0.820. The van der Waals surface area contributed by atoms with Crippen molar-refractivity contribution in [3.8, 4) is 0 Å². The molecule has 2 fully saturated rings. The first kappa shape index (κ1) is 21.9. The van der Waals surface area contributed by atoms with E-state index in [9.17, 15) is 4.79 Å². The lowest BCUT2D eigenvalue weighted by atomic mass is 9.92. The molecule has 2 saturated heterocycles. The monoisotopic (exact) mass is 413 g/mol. The normalized spacial score (nSPS) is 22.1. The average Bonchev–Trinajstić information content (AvgIpc) is 3.15. The van der Waals surface area contributed by atoms with Crippen molar-refractivity contribution in [3.63, 3.8) is 0 Å². The van der Waals surface area contributed by atoms with Crippen LogP contribution in [0.3, 0.4) is 0 Å². The van der Waals surface area contributed by atoms with Crippen LogP contribution in [0, 0.1) is 18.8 Å². The first-order valence-corrected chi connectivity index (χ1v) is 9.39. The summed E-state index contributed by atoms with van der Waals surface area (Å²) in [6.45, 7) is 10.0. The van der Waals surface area contributed by atoms with Gasteiger partial charge in [-0.1, -0.05) is 0 Å². The Bertz CT molecular complexity index is 793. The highest BCUT2D eigenvalue weighted by Gasteiger charge is 2.32. The van der Waals surface area contributed by atoms with Gasteiger partial charge in [-0.15, -0.1) is 24.8 Å². The third kappa shape index (κ3) is 4.08. The maximum atomic E-state index is 13.1. The number of carbonyl (C=O) groups excluding carboxylic acids is 1. The SMILES string of the molecule is Cc1nc2c(cnn2C(C)C)cc1C(=O)N1CC[C@@H]2CNC[C@@H]2CC1.Cl.Cl. The molecule has 0 aliphatic carbocycles. The average molecular weight is 414 g/mol. The third-order valence-corrected chi connectivity index (χ3v) is 5.79. The molecule has 4 rings (SSSR count). The van der Waals surface area contributed by atoms with Gasteiger partial charge >= 0.3 is 0 Å². The van der Waals surface area contributed by atoms with Crippen molar-refractivity contribution >= 4 is 41.8 Å². The molecule has 0 saturated carbocycles. The zero-order valence-corrected chi connectivity index (χ0v) is 17.8. The van der Waals surface area contributed by atoms with Gasteiger partial charge in [-0.05, 0) is 64.6 Å². The van der Waals surface area contributed by atoms with Crippen LogP contribution in [0.2, 0.25) is 0 Å². The summed E-state index contributed by atoms with van der Waals surface area (Å²) < 4.78 is 1.91. The van der Waals surface area contributed by atoms with E-state index in [1.165, 1.54) is 0 Å². The van der Waals surface area contributed by atoms with Crippen molar-refractivity contribution in [1.29, 1.82) is 0 Å². The van der Waals surface area contributed by atoms with Gasteiger partial charge in [0, 0.05) is 24.5 Å². The number of fused-ring (bicyclic) bond motifs is 2. The molecule has 27 heavy (non-hydrogen) atoms. The number of hydrogen-bond donors (Lipinski definition) is 1. The van der Waals surface area contributed by atoms with Crippen LogP contribution in [0.4, 0.5) is 0 Å². The number of pyridine rings is 1. The van der Waals surface area contributed by atoms with Gasteiger partial charge in [0.15, 0.2) is 5.65 Å². The molecule has 0 unspecified atom stereocenters. The summed E-state index contributed by atoms with van der Waals surface area (Å²) in [5.41, 5.74) is 2.38. The van der Waals surface area contributed by atoms with E-state index >= 15 is 0 Å². The minimum atomic E-state index is 0. The highest BCUT2D eigenvalue weighted by molar-refractivity contribution is 5.98. The van der Waals surface area contributed by atoms with E-state index in [-0.39, 0.29) is 36.8 Å². The molecular formula is C19H29Cl2N5O. The Morgan fingerprint density at radius 2 is 1.81 bits per heavy atom. The van der Waals surface area contributed by atoms with E-state index in [1.54, 1.807) is 0 Å². The van der Waals surface area contributed by atoms with Crippen molar-refractivity contribution in [2.75, 3.05) is 26.2 Å². The van der Waals surface area contributed by atoms with Crippen LogP contribution in [0.15, 0.2) is 12.3 Å². The number of rotatable bonds is 2. The molecule has 0 spiro atoms. The molecule has 0 radical (unpaired) electrons. The number of nitrogens with zero attached hydrogens (tertiary/aromatic N) is 4. The molecule has 2 aliphatic heterocycles. The van der Waals surface area contributed by atoms with Crippen molar-refractivity contribution in [1.82, 2.24) is 25.0 Å². The van der Waals surface area contributed by atoms with E-state index in [0.29, 0.717) is 0 Å². The molecule has 2 atom stereocenters. The predicted octanol–water partition coefficient (Wildman–Crippen LogP) is 3.24. The number of aryl methyl sites for hydroxylation is 1. The largest absolute Gasteiger partial charge is 0.339 e. The van der Waals surface area contributed by atoms with Crippen molar-refractivity contribution in [2.24, 2.45) is 11.8 Å². The first-order chi connectivity index (χ1) is 12.0. The maximum Gasteiger partial charge on any atom is 0.255 e. The second-order valence-corrected chi connectivity index (χ2v) is 7.77. The summed E-state index contributed by atoms with van der Waals surface area (Å²) in [4.78, 5) is 19.8. The van der Waals surface area contributed by atoms with Gasteiger partial charge < -0.3 is 10.2 Å². The number of halogens is 2. The minimum absolute atomic E-state index is 0. The van der Waals surface area contributed by atoms with Gasteiger partial charge in [0.25, 0.3) is 5.91 Å². The van der Waals surface area contributed by atoms with Crippen LogP contribution < -0.4 is 5.32 Å². The van der Waals surface area contributed by atoms with Gasteiger partial charge in [0.1, 0.15) is 0 Å². The fourth-order valence-electron chi connectivity index (χ4n) is 4.25. The Hall–Kier alpha value is -1.37. The molecule has 2 aromatic rings. The molecule has 1 N–H and O–H groups in total. The van der Waals surface area contributed by atoms with Gasteiger partial charge in [-0.2, -0.15) is 5.10 Å². The predicted molar refractivity (Wildman–Crippen MR) is 112 cm³/mol. The summed E-state index contributed by atoms with van der Waals surface area (Å²) in [5, 5.41) is 8.85. The van der Waals surface area contributed by atoms with Crippen molar-refractivity contribution < 1.29 is 4.79 Å². The lowest BCUT2D eigenvalue weighted by Crippen LogP contribution is -2.33. The Morgan fingerprint density at radius 1 is 1.19 bits per heavy atom. The molecule has 1 amide bonds. The molecule has 2 aromatic heterocycles. The second-order valence-electron chi connectivity index (χ2n) is 7.77. The van der Waals surface area contributed by atoms with Gasteiger partial charge in [0.05, 0.1) is 17.5 Å². The first-order valence-electron chi connectivity index (χ1n) is 9.39. The zero-order valence-electron chi connectivity index (χ0n) is 16.1. The number of nitrogens with one attached hydrogen (secondary N) is 1. The minimum Gasteiger partial charge on any atom is -0.339 e. The number of carbonyl (C=O) groups is 1. The van der Waals surface area contributed by atoms with Gasteiger partial charge in [-0.3, -0.25) is 4.79 Å². The van der Waals surface area contributed by atoms with E-state index in [4.69, 9.17) is 4.98 Å². The van der Waals surface area contributed by atoms with Crippen molar-refractivity contribution in [3.05, 3.63) is 23.5 Å². The molecule has 0 bridgehead atoms. The number of amides is 1. The molecule has 8 heteroatoms. The molecule has 150 valence electrons. The standard InChI is InChI=1S/C19H27N5O.2ClH/c1-12(2)24-18-16(11-21-24)8-17(13(3)22-18)19(25)23-6-4-14-9-20-10-15(14)5-7-23;;/h8,11-12,14-15,20H,4-7,9-10H2,1-3H3;2*1H/t14-,15+;;. The van der Waals surface area contributed by atoms with E-state index in [0.717, 1.165) is 73.1 Å². The molecular weight excluding hydrogens is 385 g/mol. The molecule has 2 aliphatic rings. The molecule has 6 nitrogen and oxygen atoms in total. The van der Waals surface area contributed by atoms with Crippen LogP contribution in [0.1, 0.15) is 48.8 Å². The smallest absolute Gasteiger partial charge is 0.255 e. The lowest BCUT2D eigenvalue weighted by molar-refractivity contribution is 0.0757. The summed E-state index contributed by atoms with van der Waals surface area (Å²) in [7, 11) is 0.